The molecule has 3 saturated carbocycles. The van der Waals surface area contributed by atoms with Crippen LogP contribution in [0.25, 0.3) is 0 Å². The standard InChI is InChI=1S/C30H46O6/c1-7-35-28(34)36-29(4,5)27(33)15-10-19(2)24-13-14-25-21(9-8-16-30(24,25)6)11-12-22-17-23(31)18-26(32)20(22)3/h10-12,15,19,23-27,31-33H,3,7-9,13-14,16-18H2,1-2,4-6H3/b15-10+,21-11+,22-12-/t19-,23-,24-,25+,26+,27-,30-/m1/s1. The Labute approximate surface area is 216 Å². The molecule has 3 aliphatic carbocycles. The van der Waals surface area contributed by atoms with Crippen LogP contribution in [0.15, 0.2) is 47.6 Å². The van der Waals surface area contributed by atoms with Crippen molar-refractivity contribution in [3.8, 4) is 0 Å². The second-order valence-corrected chi connectivity index (χ2v) is 11.7. The van der Waals surface area contributed by atoms with E-state index in [4.69, 9.17) is 9.47 Å². The minimum atomic E-state index is -1.08. The van der Waals surface area contributed by atoms with E-state index >= 15 is 0 Å². The average Bonchev–Trinajstić information content (AvgIpc) is 3.16. The molecule has 202 valence electrons. The third kappa shape index (κ3) is 6.32. The monoisotopic (exact) mass is 502 g/mol. The molecule has 3 fully saturated rings. The van der Waals surface area contributed by atoms with Crippen molar-refractivity contribution in [2.75, 3.05) is 6.61 Å². The molecule has 3 aliphatic rings. The summed E-state index contributed by atoms with van der Waals surface area (Å²) in [4.78, 5) is 11.7. The van der Waals surface area contributed by atoms with Crippen LogP contribution in [0.3, 0.4) is 0 Å². The van der Waals surface area contributed by atoms with Crippen molar-refractivity contribution in [2.45, 2.75) is 103 Å². The van der Waals surface area contributed by atoms with Gasteiger partial charge in [-0.15, -0.1) is 0 Å². The van der Waals surface area contributed by atoms with Gasteiger partial charge < -0.3 is 24.8 Å². The van der Waals surface area contributed by atoms with E-state index in [-0.39, 0.29) is 17.9 Å². The minimum Gasteiger partial charge on any atom is -0.435 e. The predicted octanol–water partition coefficient (Wildman–Crippen LogP) is 5.63. The summed E-state index contributed by atoms with van der Waals surface area (Å²) < 4.78 is 10.2. The molecule has 6 nitrogen and oxygen atoms in total. The summed E-state index contributed by atoms with van der Waals surface area (Å²) in [7, 11) is 0. The van der Waals surface area contributed by atoms with Crippen molar-refractivity contribution >= 4 is 6.16 Å². The highest BCUT2D eigenvalue weighted by molar-refractivity contribution is 5.60. The van der Waals surface area contributed by atoms with Crippen LogP contribution in [-0.4, -0.2) is 52.0 Å². The number of fused-ring (bicyclic) bond motifs is 1. The first-order valence-corrected chi connectivity index (χ1v) is 13.6. The van der Waals surface area contributed by atoms with Crippen LogP contribution >= 0.6 is 0 Å². The van der Waals surface area contributed by atoms with Gasteiger partial charge in [0, 0.05) is 6.42 Å². The van der Waals surface area contributed by atoms with Crippen molar-refractivity contribution in [2.24, 2.45) is 23.2 Å². The molecule has 3 rings (SSSR count). The Kier molecular flexibility index (Phi) is 9.29. The van der Waals surface area contributed by atoms with E-state index in [0.29, 0.717) is 24.7 Å². The number of ether oxygens (including phenoxy) is 2. The fourth-order valence-electron chi connectivity index (χ4n) is 6.68. The molecule has 0 aromatic rings. The van der Waals surface area contributed by atoms with Gasteiger partial charge >= 0.3 is 6.16 Å². The molecule has 0 bridgehead atoms. The van der Waals surface area contributed by atoms with Crippen LogP contribution < -0.4 is 0 Å². The molecule has 0 unspecified atom stereocenters. The summed E-state index contributed by atoms with van der Waals surface area (Å²) in [6.45, 7) is 14.0. The SMILES string of the molecule is C=C1/C(=C\C=C2/CCC[C@]3(C)[C@@H]([C@H](C)/C=C/[C@@H](O)C(C)(C)OC(=O)OCC)CC[C@@H]23)C[C@@H](O)C[C@@H]1O. The molecule has 0 amide bonds. The van der Waals surface area contributed by atoms with Gasteiger partial charge in [-0.2, -0.15) is 0 Å². The number of allylic oxidation sites excluding steroid dienone is 4. The quantitative estimate of drug-likeness (QED) is 0.308. The van der Waals surface area contributed by atoms with E-state index in [0.717, 1.165) is 36.8 Å². The molecule has 0 aliphatic heterocycles. The van der Waals surface area contributed by atoms with Crippen molar-refractivity contribution in [1.82, 2.24) is 0 Å². The Bertz CT molecular complexity index is 899. The number of aliphatic hydroxyl groups is 3. The molecule has 7 atom stereocenters. The molecule has 0 aromatic heterocycles. The maximum atomic E-state index is 11.7. The number of aliphatic hydroxyl groups excluding tert-OH is 3. The van der Waals surface area contributed by atoms with E-state index in [1.165, 1.54) is 12.0 Å². The van der Waals surface area contributed by atoms with Crippen molar-refractivity contribution in [1.29, 1.82) is 0 Å². The number of carbonyl (C=O) groups is 1. The lowest BCUT2D eigenvalue weighted by Gasteiger charge is -2.44. The number of hydrogen-bond donors (Lipinski definition) is 3. The van der Waals surface area contributed by atoms with Gasteiger partial charge in [0.25, 0.3) is 0 Å². The van der Waals surface area contributed by atoms with E-state index in [1.807, 2.05) is 0 Å². The molecule has 0 aromatic carbocycles. The molecule has 0 heterocycles. The van der Waals surface area contributed by atoms with Crippen molar-refractivity contribution in [3.63, 3.8) is 0 Å². The van der Waals surface area contributed by atoms with Crippen LogP contribution in [0.1, 0.15) is 79.6 Å². The van der Waals surface area contributed by atoms with E-state index in [1.54, 1.807) is 26.8 Å². The minimum absolute atomic E-state index is 0.177. The van der Waals surface area contributed by atoms with Crippen LogP contribution in [0.5, 0.6) is 0 Å². The van der Waals surface area contributed by atoms with Gasteiger partial charge in [-0.05, 0) is 93.6 Å². The first-order valence-electron chi connectivity index (χ1n) is 13.6. The zero-order chi connectivity index (χ0) is 26.7. The van der Waals surface area contributed by atoms with Crippen molar-refractivity contribution in [3.05, 3.63) is 47.6 Å². The summed E-state index contributed by atoms with van der Waals surface area (Å²) in [6, 6.07) is 0. The zero-order valence-corrected chi connectivity index (χ0v) is 22.7. The van der Waals surface area contributed by atoms with E-state index in [9.17, 15) is 20.1 Å². The topological polar surface area (TPSA) is 96.2 Å². The Morgan fingerprint density at radius 3 is 2.67 bits per heavy atom. The molecular formula is C30H46O6. The van der Waals surface area contributed by atoms with Crippen LogP contribution in [0, 0.1) is 23.2 Å². The third-order valence-corrected chi connectivity index (χ3v) is 8.85. The third-order valence-electron chi connectivity index (χ3n) is 8.85. The Morgan fingerprint density at radius 2 is 1.97 bits per heavy atom. The molecule has 36 heavy (non-hydrogen) atoms. The van der Waals surface area contributed by atoms with Gasteiger partial charge in [0.05, 0.1) is 18.8 Å². The highest BCUT2D eigenvalue weighted by atomic mass is 16.7. The van der Waals surface area contributed by atoms with Crippen LogP contribution in [0.2, 0.25) is 0 Å². The number of hydrogen-bond acceptors (Lipinski definition) is 6. The van der Waals surface area contributed by atoms with Gasteiger partial charge in [0.1, 0.15) is 11.7 Å². The van der Waals surface area contributed by atoms with Gasteiger partial charge in [0.2, 0.25) is 0 Å². The molecule has 0 radical (unpaired) electrons. The molecule has 3 N–H and O–H groups in total. The summed E-state index contributed by atoms with van der Waals surface area (Å²) in [5, 5.41) is 31.0. The maximum Gasteiger partial charge on any atom is 0.508 e. The van der Waals surface area contributed by atoms with Gasteiger partial charge in [-0.1, -0.05) is 50.3 Å². The maximum absolute atomic E-state index is 11.7. The fourth-order valence-corrected chi connectivity index (χ4v) is 6.68. The highest BCUT2D eigenvalue weighted by Gasteiger charge is 2.50. The molecular weight excluding hydrogens is 456 g/mol. The average molecular weight is 503 g/mol. The smallest absolute Gasteiger partial charge is 0.435 e. The zero-order valence-electron chi connectivity index (χ0n) is 22.7. The van der Waals surface area contributed by atoms with Gasteiger partial charge in [-0.25, -0.2) is 4.79 Å². The summed E-state index contributed by atoms with van der Waals surface area (Å²) in [5.74, 6) is 1.27. The molecule has 6 heteroatoms. The second kappa shape index (κ2) is 11.7. The first kappa shape index (κ1) is 28.7. The summed E-state index contributed by atoms with van der Waals surface area (Å²) in [6.07, 6.45) is 11.8. The summed E-state index contributed by atoms with van der Waals surface area (Å²) >= 11 is 0. The second-order valence-electron chi connectivity index (χ2n) is 11.7. The van der Waals surface area contributed by atoms with Gasteiger partial charge in [-0.3, -0.25) is 0 Å². The molecule has 0 saturated heterocycles. The highest BCUT2D eigenvalue weighted by Crippen LogP contribution is 2.59. The normalized spacial score (nSPS) is 35.2. The Balaban J connectivity index is 1.70. The fraction of sp³-hybridized carbons (Fsp3) is 0.700. The summed E-state index contributed by atoms with van der Waals surface area (Å²) in [5.41, 5.74) is 2.24. The van der Waals surface area contributed by atoms with Crippen LogP contribution in [-0.2, 0) is 9.47 Å². The number of rotatable bonds is 7. The number of carbonyl (C=O) groups excluding carboxylic acids is 1. The van der Waals surface area contributed by atoms with E-state index < -0.39 is 30.1 Å². The lowest BCUT2D eigenvalue weighted by molar-refractivity contribution is -0.0658. The Morgan fingerprint density at radius 1 is 1.25 bits per heavy atom. The van der Waals surface area contributed by atoms with Crippen LogP contribution in [0.4, 0.5) is 4.79 Å². The largest absolute Gasteiger partial charge is 0.508 e. The van der Waals surface area contributed by atoms with E-state index in [2.05, 4.69) is 38.7 Å². The van der Waals surface area contributed by atoms with Gasteiger partial charge in [0.15, 0.2) is 0 Å². The lowest BCUT2D eigenvalue weighted by atomic mass is 9.61. The first-order chi connectivity index (χ1) is 16.9. The van der Waals surface area contributed by atoms with Crippen molar-refractivity contribution < 1.29 is 29.6 Å². The molecule has 0 spiro atoms. The predicted molar refractivity (Wildman–Crippen MR) is 141 cm³/mol. The Hall–Kier alpha value is -1.89. The lowest BCUT2D eigenvalue weighted by Crippen LogP contribution is -2.40.